The van der Waals surface area contributed by atoms with Gasteiger partial charge >= 0.3 is 0 Å². The minimum Gasteiger partial charge on any atom is -0.378 e. The Morgan fingerprint density at radius 3 is 3.00 bits per heavy atom. The molecule has 1 aromatic heterocycles. The molecule has 0 saturated heterocycles. The molecular weight excluding hydrogens is 291 g/mol. The minimum absolute atomic E-state index is 0.601. The molecule has 0 unspecified atom stereocenters. The van der Waals surface area contributed by atoms with Crippen LogP contribution in [0.4, 0.5) is 5.69 Å². The highest BCUT2D eigenvalue weighted by atomic mass is 79.9. The fraction of sp³-hybridized carbons (Fsp3) is 0.200. The van der Waals surface area contributed by atoms with E-state index in [1.807, 2.05) is 31.4 Å². The van der Waals surface area contributed by atoms with Gasteiger partial charge in [0.25, 0.3) is 0 Å². The van der Waals surface area contributed by atoms with Gasteiger partial charge in [-0.15, -0.1) is 5.10 Å². The van der Waals surface area contributed by atoms with Crippen LogP contribution in [0, 0.1) is 0 Å². The van der Waals surface area contributed by atoms with Gasteiger partial charge in [0.05, 0.1) is 17.3 Å². The van der Waals surface area contributed by atoms with E-state index in [9.17, 15) is 0 Å². The largest absolute Gasteiger partial charge is 0.378 e. The highest BCUT2D eigenvalue weighted by Crippen LogP contribution is 2.25. The Morgan fingerprint density at radius 2 is 2.31 bits per heavy atom. The molecule has 0 aliphatic carbocycles. The van der Waals surface area contributed by atoms with Crippen molar-refractivity contribution in [1.82, 2.24) is 15.0 Å². The van der Waals surface area contributed by atoms with Crippen molar-refractivity contribution in [3.05, 3.63) is 39.6 Å². The maximum atomic E-state index is 6.04. The molecule has 0 saturated carbocycles. The van der Waals surface area contributed by atoms with Gasteiger partial charge in [-0.2, -0.15) is 0 Å². The van der Waals surface area contributed by atoms with E-state index < -0.39 is 0 Å². The molecule has 0 radical (unpaired) electrons. The van der Waals surface area contributed by atoms with E-state index in [0.29, 0.717) is 11.6 Å². The first-order chi connectivity index (χ1) is 7.65. The molecule has 0 bridgehead atoms. The lowest BCUT2D eigenvalue weighted by Gasteiger charge is -2.06. The van der Waals surface area contributed by atoms with Crippen LogP contribution in [0.5, 0.6) is 0 Å². The van der Waals surface area contributed by atoms with Crippen molar-refractivity contribution in [3.8, 4) is 0 Å². The number of hydrogen-bond donors (Lipinski definition) is 1. The quantitative estimate of drug-likeness (QED) is 0.948. The molecular formula is C10H10BrClN4. The number of halogens is 2. The van der Waals surface area contributed by atoms with Crippen LogP contribution in [0.1, 0.15) is 5.69 Å². The highest BCUT2D eigenvalue weighted by molar-refractivity contribution is 9.10. The van der Waals surface area contributed by atoms with Crippen molar-refractivity contribution in [2.75, 3.05) is 5.32 Å². The lowest BCUT2D eigenvalue weighted by atomic mass is 10.3. The average molecular weight is 302 g/mol. The number of aromatic nitrogens is 3. The number of rotatable bonds is 3. The Kier molecular flexibility index (Phi) is 3.46. The van der Waals surface area contributed by atoms with Crippen LogP contribution in [-0.2, 0) is 13.6 Å². The molecule has 84 valence electrons. The Balaban J connectivity index is 2.07. The lowest BCUT2D eigenvalue weighted by Crippen LogP contribution is -2.00. The summed E-state index contributed by atoms with van der Waals surface area (Å²) in [7, 11) is 1.84. The van der Waals surface area contributed by atoms with Gasteiger partial charge < -0.3 is 5.32 Å². The molecule has 1 N–H and O–H groups in total. The Labute approximate surface area is 107 Å². The van der Waals surface area contributed by atoms with E-state index in [1.54, 1.807) is 4.68 Å². The molecule has 0 atom stereocenters. The summed E-state index contributed by atoms with van der Waals surface area (Å²) in [5.41, 5.74) is 1.75. The molecule has 0 fully saturated rings. The monoisotopic (exact) mass is 300 g/mol. The predicted molar refractivity (Wildman–Crippen MR) is 67.5 cm³/mol. The molecule has 6 heteroatoms. The van der Waals surface area contributed by atoms with Crippen molar-refractivity contribution >= 4 is 33.2 Å². The number of hydrogen-bond acceptors (Lipinski definition) is 3. The van der Waals surface area contributed by atoms with Crippen molar-refractivity contribution < 1.29 is 0 Å². The minimum atomic E-state index is 0.601. The molecule has 2 aromatic rings. The van der Waals surface area contributed by atoms with E-state index in [2.05, 4.69) is 31.6 Å². The number of nitrogens with zero attached hydrogens (tertiary/aromatic N) is 3. The van der Waals surface area contributed by atoms with Crippen molar-refractivity contribution in [2.24, 2.45) is 7.05 Å². The standard InChI is InChI=1S/C10H10BrClN4/c1-16-6-8(14-15-16)5-13-10-4-7(11)2-3-9(10)12/h2-4,6,13H,5H2,1H3. The van der Waals surface area contributed by atoms with E-state index in [1.165, 1.54) is 0 Å². The third kappa shape index (κ3) is 2.74. The molecule has 0 aliphatic rings. The second kappa shape index (κ2) is 4.84. The second-order valence-electron chi connectivity index (χ2n) is 3.36. The van der Waals surface area contributed by atoms with Gasteiger partial charge in [-0.25, -0.2) is 0 Å². The second-order valence-corrected chi connectivity index (χ2v) is 4.68. The van der Waals surface area contributed by atoms with E-state index in [4.69, 9.17) is 11.6 Å². The third-order valence-corrected chi connectivity index (χ3v) is 2.86. The van der Waals surface area contributed by atoms with Gasteiger partial charge in [-0.3, -0.25) is 4.68 Å². The predicted octanol–water partition coefficient (Wildman–Crippen LogP) is 2.84. The van der Waals surface area contributed by atoms with Gasteiger partial charge in [-0.1, -0.05) is 32.7 Å². The van der Waals surface area contributed by atoms with E-state index in [0.717, 1.165) is 15.9 Å². The first-order valence-electron chi connectivity index (χ1n) is 4.69. The third-order valence-electron chi connectivity index (χ3n) is 2.04. The normalized spacial score (nSPS) is 10.4. The summed E-state index contributed by atoms with van der Waals surface area (Å²) in [5, 5.41) is 11.7. The van der Waals surface area contributed by atoms with Crippen molar-refractivity contribution in [2.45, 2.75) is 6.54 Å². The molecule has 1 aromatic carbocycles. The van der Waals surface area contributed by atoms with Crippen LogP contribution in [0.3, 0.4) is 0 Å². The fourth-order valence-electron chi connectivity index (χ4n) is 1.30. The van der Waals surface area contributed by atoms with Crippen molar-refractivity contribution in [1.29, 1.82) is 0 Å². The number of nitrogens with one attached hydrogen (secondary N) is 1. The molecule has 0 aliphatic heterocycles. The Bertz CT molecular complexity index is 497. The molecule has 0 amide bonds. The molecule has 16 heavy (non-hydrogen) atoms. The summed E-state index contributed by atoms with van der Waals surface area (Å²) in [4.78, 5) is 0. The lowest BCUT2D eigenvalue weighted by molar-refractivity contribution is 0.713. The van der Waals surface area contributed by atoms with Crippen molar-refractivity contribution in [3.63, 3.8) is 0 Å². The average Bonchev–Trinajstić information content (AvgIpc) is 2.66. The Hall–Kier alpha value is -1.07. The summed E-state index contributed by atoms with van der Waals surface area (Å²) in [6, 6.07) is 5.67. The Morgan fingerprint density at radius 1 is 1.50 bits per heavy atom. The van der Waals surface area contributed by atoms with E-state index in [-0.39, 0.29) is 0 Å². The first kappa shape index (κ1) is 11.4. The van der Waals surface area contributed by atoms with Gasteiger partial charge in [-0.05, 0) is 18.2 Å². The van der Waals surface area contributed by atoms with Gasteiger partial charge in [0.1, 0.15) is 5.69 Å². The number of benzene rings is 1. The molecule has 1 heterocycles. The zero-order valence-corrected chi connectivity index (χ0v) is 11.0. The molecule has 4 nitrogen and oxygen atoms in total. The van der Waals surface area contributed by atoms with Crippen LogP contribution in [0.2, 0.25) is 5.02 Å². The fourth-order valence-corrected chi connectivity index (χ4v) is 1.84. The zero-order valence-electron chi connectivity index (χ0n) is 8.61. The molecule has 2 rings (SSSR count). The van der Waals surface area contributed by atoms with Gasteiger partial charge in [0.2, 0.25) is 0 Å². The smallest absolute Gasteiger partial charge is 0.102 e. The number of anilines is 1. The topological polar surface area (TPSA) is 42.7 Å². The summed E-state index contributed by atoms with van der Waals surface area (Å²) < 4.78 is 2.65. The van der Waals surface area contributed by atoms with Crippen LogP contribution in [0.15, 0.2) is 28.9 Å². The van der Waals surface area contributed by atoms with E-state index >= 15 is 0 Å². The SMILES string of the molecule is Cn1cc(CNc2cc(Br)ccc2Cl)nn1. The maximum absolute atomic E-state index is 6.04. The van der Waals surface area contributed by atoms with Crippen LogP contribution < -0.4 is 5.32 Å². The summed E-state index contributed by atoms with van der Waals surface area (Å²) in [5.74, 6) is 0. The number of aryl methyl sites for hydroxylation is 1. The summed E-state index contributed by atoms with van der Waals surface area (Å²) in [6.07, 6.45) is 1.86. The molecule has 0 spiro atoms. The van der Waals surface area contributed by atoms with Gasteiger partial charge in [0.15, 0.2) is 0 Å². The zero-order chi connectivity index (χ0) is 11.5. The summed E-state index contributed by atoms with van der Waals surface area (Å²) >= 11 is 9.44. The first-order valence-corrected chi connectivity index (χ1v) is 5.86. The van der Waals surface area contributed by atoms with Crippen LogP contribution in [0.25, 0.3) is 0 Å². The van der Waals surface area contributed by atoms with Crippen LogP contribution in [-0.4, -0.2) is 15.0 Å². The summed E-state index contributed by atoms with van der Waals surface area (Å²) in [6.45, 7) is 0.601. The van der Waals surface area contributed by atoms with Crippen LogP contribution >= 0.6 is 27.5 Å². The van der Waals surface area contributed by atoms with Gasteiger partial charge in [0, 0.05) is 17.7 Å². The highest BCUT2D eigenvalue weighted by Gasteiger charge is 2.02. The maximum Gasteiger partial charge on any atom is 0.102 e.